The molecule has 3 rings (SSSR count). The van der Waals surface area contributed by atoms with Crippen LogP contribution in [0.3, 0.4) is 0 Å². The standard InChI is InChI=1S/C23H22F4N4O6/c24-15-8-16(25)22(27)23(21(15)26)37-12-17(33)13(7-20(35)36)6-14(32)9-31-5-4-30(11-19(31)34)10-18-28-2-1-3-29-18/h1-3,8,13H,4-7,9-12H2,(H,35,36)/t13-/m0/s1. The monoisotopic (exact) mass is 526 g/mol. The van der Waals surface area contributed by atoms with E-state index in [0.29, 0.717) is 18.9 Å². The van der Waals surface area contributed by atoms with Crippen LogP contribution in [0.15, 0.2) is 24.5 Å². The summed E-state index contributed by atoms with van der Waals surface area (Å²) in [6.07, 6.45) is 1.74. The lowest BCUT2D eigenvalue weighted by molar-refractivity contribution is -0.143. The van der Waals surface area contributed by atoms with Gasteiger partial charge < -0.3 is 14.7 Å². The fourth-order valence-corrected chi connectivity index (χ4v) is 3.67. The second-order valence-corrected chi connectivity index (χ2v) is 8.28. The van der Waals surface area contributed by atoms with Crippen LogP contribution in [0, 0.1) is 29.2 Å². The average Bonchev–Trinajstić information content (AvgIpc) is 2.84. The van der Waals surface area contributed by atoms with Crippen LogP contribution in [0.1, 0.15) is 18.7 Å². The van der Waals surface area contributed by atoms with E-state index in [9.17, 15) is 36.7 Å². The second kappa shape index (κ2) is 12.3. The van der Waals surface area contributed by atoms with Gasteiger partial charge in [0.2, 0.25) is 17.5 Å². The minimum atomic E-state index is -1.87. The Hall–Kier alpha value is -3.94. The van der Waals surface area contributed by atoms with Gasteiger partial charge in [-0.2, -0.15) is 8.78 Å². The number of aliphatic carboxylic acids is 1. The molecule has 1 fully saturated rings. The maximum absolute atomic E-state index is 13.7. The Labute approximate surface area is 207 Å². The number of Topliss-reactive ketones (excluding diaryl/α,β-unsaturated/α-hetero) is 2. The minimum Gasteiger partial charge on any atom is -0.481 e. The van der Waals surface area contributed by atoms with E-state index in [0.717, 1.165) is 0 Å². The number of nitrogens with zero attached hydrogens (tertiary/aromatic N) is 4. The Morgan fingerprint density at radius 2 is 1.68 bits per heavy atom. The van der Waals surface area contributed by atoms with Crippen molar-refractivity contribution in [3.63, 3.8) is 0 Å². The van der Waals surface area contributed by atoms with Gasteiger partial charge in [-0.3, -0.25) is 24.1 Å². The number of benzene rings is 1. The van der Waals surface area contributed by atoms with Gasteiger partial charge >= 0.3 is 5.97 Å². The third-order valence-electron chi connectivity index (χ3n) is 5.53. The second-order valence-electron chi connectivity index (χ2n) is 8.28. The zero-order chi connectivity index (χ0) is 27.1. The summed E-state index contributed by atoms with van der Waals surface area (Å²) in [5.41, 5.74) is 0. The van der Waals surface area contributed by atoms with Gasteiger partial charge in [0.1, 0.15) is 12.4 Å². The van der Waals surface area contributed by atoms with Crippen molar-refractivity contribution in [3.8, 4) is 5.75 Å². The number of carbonyl (C=O) groups is 4. The van der Waals surface area contributed by atoms with Crippen LogP contribution >= 0.6 is 0 Å². The lowest BCUT2D eigenvalue weighted by atomic mass is 9.94. The van der Waals surface area contributed by atoms with E-state index in [4.69, 9.17) is 5.11 Å². The molecule has 0 spiro atoms. The van der Waals surface area contributed by atoms with E-state index >= 15 is 0 Å². The third-order valence-corrected chi connectivity index (χ3v) is 5.53. The van der Waals surface area contributed by atoms with Crippen LogP contribution in [0.2, 0.25) is 0 Å². The first-order valence-corrected chi connectivity index (χ1v) is 11.0. The summed E-state index contributed by atoms with van der Waals surface area (Å²) < 4.78 is 58.7. The van der Waals surface area contributed by atoms with Crippen molar-refractivity contribution in [2.75, 3.05) is 32.8 Å². The largest absolute Gasteiger partial charge is 0.481 e. The quantitative estimate of drug-likeness (QED) is 0.322. The summed E-state index contributed by atoms with van der Waals surface area (Å²) >= 11 is 0. The summed E-state index contributed by atoms with van der Waals surface area (Å²) in [6, 6.07) is 1.62. The first kappa shape index (κ1) is 27.6. The third kappa shape index (κ3) is 7.52. The molecule has 2 aromatic rings. The predicted octanol–water partition coefficient (Wildman–Crippen LogP) is 1.38. The lowest BCUT2D eigenvalue weighted by Gasteiger charge is -2.33. The highest BCUT2D eigenvalue weighted by Crippen LogP contribution is 2.27. The van der Waals surface area contributed by atoms with E-state index in [2.05, 4.69) is 14.7 Å². The molecule has 0 radical (unpaired) electrons. The van der Waals surface area contributed by atoms with Crippen molar-refractivity contribution < 1.29 is 46.6 Å². The smallest absolute Gasteiger partial charge is 0.304 e. The van der Waals surface area contributed by atoms with Gasteiger partial charge in [0.25, 0.3) is 0 Å². The number of ketones is 2. The van der Waals surface area contributed by atoms with Crippen LogP contribution in [0.4, 0.5) is 17.6 Å². The molecular weight excluding hydrogens is 504 g/mol. The van der Waals surface area contributed by atoms with Gasteiger partial charge in [0.05, 0.1) is 26.1 Å². The minimum absolute atomic E-state index is 0.00180. The molecule has 14 heteroatoms. The van der Waals surface area contributed by atoms with Crippen molar-refractivity contribution in [1.29, 1.82) is 0 Å². The summed E-state index contributed by atoms with van der Waals surface area (Å²) in [7, 11) is 0. The Kier molecular flexibility index (Phi) is 9.22. The van der Waals surface area contributed by atoms with Crippen LogP contribution in [-0.2, 0) is 25.7 Å². The Balaban J connectivity index is 1.56. The highest BCUT2D eigenvalue weighted by atomic mass is 19.2. The van der Waals surface area contributed by atoms with Crippen molar-refractivity contribution >= 4 is 23.4 Å². The van der Waals surface area contributed by atoms with Gasteiger partial charge in [-0.25, -0.2) is 18.7 Å². The van der Waals surface area contributed by atoms with Gasteiger partial charge in [0, 0.05) is 43.9 Å². The molecular formula is C23H22F4N4O6. The van der Waals surface area contributed by atoms with Gasteiger partial charge in [-0.15, -0.1) is 0 Å². The summed E-state index contributed by atoms with van der Waals surface area (Å²) in [6.45, 7) is -0.567. The average molecular weight is 526 g/mol. The Morgan fingerprint density at radius 1 is 1.03 bits per heavy atom. The van der Waals surface area contributed by atoms with Crippen molar-refractivity contribution in [1.82, 2.24) is 19.8 Å². The van der Waals surface area contributed by atoms with Crippen molar-refractivity contribution in [2.45, 2.75) is 19.4 Å². The zero-order valence-electron chi connectivity index (χ0n) is 19.3. The van der Waals surface area contributed by atoms with Crippen molar-refractivity contribution in [2.24, 2.45) is 5.92 Å². The number of aromatic nitrogens is 2. The Morgan fingerprint density at radius 3 is 2.27 bits per heavy atom. The first-order chi connectivity index (χ1) is 17.5. The fraction of sp³-hybridized carbons (Fsp3) is 0.391. The lowest BCUT2D eigenvalue weighted by Crippen LogP contribution is -2.51. The molecule has 1 N–H and O–H groups in total. The Bertz CT molecular complexity index is 1160. The number of halogens is 4. The molecule has 0 bridgehead atoms. The number of hydrogen-bond acceptors (Lipinski definition) is 8. The highest BCUT2D eigenvalue weighted by molar-refractivity contribution is 5.93. The molecule has 37 heavy (non-hydrogen) atoms. The van der Waals surface area contributed by atoms with E-state index in [1.807, 2.05) is 0 Å². The summed E-state index contributed by atoms with van der Waals surface area (Å²) in [5, 5.41) is 9.10. The number of carbonyl (C=O) groups excluding carboxylic acids is 3. The molecule has 0 aliphatic carbocycles. The van der Waals surface area contributed by atoms with Crippen LogP contribution < -0.4 is 4.74 Å². The van der Waals surface area contributed by atoms with Gasteiger partial charge in [-0.1, -0.05) is 0 Å². The molecule has 0 unspecified atom stereocenters. The maximum Gasteiger partial charge on any atom is 0.304 e. The zero-order valence-corrected chi connectivity index (χ0v) is 19.3. The molecule has 2 heterocycles. The normalized spacial score (nSPS) is 14.9. The SMILES string of the molecule is O=C(O)C[C@H](CC(=O)CN1CCN(Cc2ncccn2)CC1=O)C(=O)COc1c(F)c(F)cc(F)c1F. The molecule has 1 amide bonds. The molecule has 10 nitrogen and oxygen atoms in total. The number of carboxylic acids is 1. The molecule has 198 valence electrons. The molecule has 1 aliphatic rings. The van der Waals surface area contributed by atoms with E-state index in [1.54, 1.807) is 23.4 Å². The van der Waals surface area contributed by atoms with Gasteiger partial charge in [0.15, 0.2) is 29.0 Å². The van der Waals surface area contributed by atoms with Gasteiger partial charge in [-0.05, 0) is 6.07 Å². The van der Waals surface area contributed by atoms with E-state index in [1.165, 1.54) is 4.90 Å². The number of ether oxygens (including phenoxy) is 1. The summed E-state index contributed by atoms with van der Waals surface area (Å²) in [5.74, 6) is -13.1. The number of rotatable bonds is 12. The molecule has 0 saturated carbocycles. The van der Waals surface area contributed by atoms with E-state index < -0.39 is 71.9 Å². The number of piperazine rings is 1. The number of amides is 1. The fourth-order valence-electron chi connectivity index (χ4n) is 3.67. The maximum atomic E-state index is 13.7. The molecule has 1 aromatic carbocycles. The van der Waals surface area contributed by atoms with E-state index in [-0.39, 0.29) is 31.6 Å². The highest BCUT2D eigenvalue weighted by Gasteiger charge is 2.30. The predicted molar refractivity (Wildman–Crippen MR) is 116 cm³/mol. The topological polar surface area (TPSA) is 130 Å². The molecule has 1 aliphatic heterocycles. The van der Waals surface area contributed by atoms with Crippen LogP contribution in [-0.4, -0.2) is 81.1 Å². The van der Waals surface area contributed by atoms with Crippen LogP contribution in [0.25, 0.3) is 0 Å². The molecule has 1 saturated heterocycles. The number of hydrogen-bond donors (Lipinski definition) is 1. The molecule has 1 atom stereocenters. The number of carboxylic acid groups (broad SMARTS) is 1. The first-order valence-electron chi connectivity index (χ1n) is 11.0. The molecule has 1 aromatic heterocycles. The van der Waals surface area contributed by atoms with Crippen LogP contribution in [0.5, 0.6) is 5.75 Å². The van der Waals surface area contributed by atoms with Crippen molar-refractivity contribution in [3.05, 3.63) is 53.6 Å². The summed E-state index contributed by atoms with van der Waals surface area (Å²) in [4.78, 5) is 60.0.